The Balaban J connectivity index is 2.68. The highest BCUT2D eigenvalue weighted by Crippen LogP contribution is 2.24. The third kappa shape index (κ3) is 4.99. The van der Waals surface area contributed by atoms with Gasteiger partial charge in [0.25, 0.3) is 0 Å². The Morgan fingerprint density at radius 3 is 2.78 bits per heavy atom. The molecule has 0 aliphatic carbocycles. The lowest BCUT2D eigenvalue weighted by Crippen LogP contribution is -2.25. The molecule has 3 heteroatoms. The van der Waals surface area contributed by atoms with Crippen molar-refractivity contribution in [3.63, 3.8) is 0 Å². The number of thioether (sulfide) groups is 1. The lowest BCUT2D eigenvalue weighted by Gasteiger charge is -2.21. The predicted octanol–water partition coefficient (Wildman–Crippen LogP) is 3.96. The number of nitrogens with zero attached hydrogens (tertiary/aromatic N) is 1. The van der Waals surface area contributed by atoms with Gasteiger partial charge in [-0.15, -0.1) is 0 Å². The second kappa shape index (κ2) is 8.54. The summed E-state index contributed by atoms with van der Waals surface area (Å²) in [5.41, 5.74) is 2.69. The summed E-state index contributed by atoms with van der Waals surface area (Å²) in [5.74, 6) is 1.13. The Hall–Kier alpha value is -0.540. The second-order valence-electron chi connectivity index (χ2n) is 4.79. The SMILES string of the molecule is CCCNC(CSC(C)CC)c1cnccc1C. The van der Waals surface area contributed by atoms with E-state index in [1.54, 1.807) is 0 Å². The van der Waals surface area contributed by atoms with Gasteiger partial charge in [-0.3, -0.25) is 4.98 Å². The number of nitrogens with one attached hydrogen (secondary N) is 1. The molecule has 1 N–H and O–H groups in total. The maximum absolute atomic E-state index is 4.27. The average molecular weight is 266 g/mol. The minimum Gasteiger partial charge on any atom is -0.309 e. The molecule has 18 heavy (non-hydrogen) atoms. The molecule has 0 aliphatic heterocycles. The molecule has 1 aromatic heterocycles. The van der Waals surface area contributed by atoms with Gasteiger partial charge in [-0.1, -0.05) is 20.8 Å². The summed E-state index contributed by atoms with van der Waals surface area (Å²) in [6.45, 7) is 10.0. The van der Waals surface area contributed by atoms with Crippen molar-refractivity contribution in [3.8, 4) is 0 Å². The van der Waals surface area contributed by atoms with Crippen LogP contribution in [0.1, 0.15) is 50.8 Å². The van der Waals surface area contributed by atoms with Crippen LogP contribution in [0.5, 0.6) is 0 Å². The van der Waals surface area contributed by atoms with Crippen LogP contribution < -0.4 is 5.32 Å². The molecule has 2 unspecified atom stereocenters. The fourth-order valence-electron chi connectivity index (χ4n) is 1.80. The number of hydrogen-bond donors (Lipinski definition) is 1. The van der Waals surface area contributed by atoms with E-state index in [9.17, 15) is 0 Å². The Bertz CT molecular complexity index is 341. The van der Waals surface area contributed by atoms with E-state index in [4.69, 9.17) is 0 Å². The summed E-state index contributed by atoms with van der Waals surface area (Å²) >= 11 is 2.05. The summed E-state index contributed by atoms with van der Waals surface area (Å²) in [7, 11) is 0. The predicted molar refractivity (Wildman–Crippen MR) is 82.2 cm³/mol. The molecule has 0 aliphatic rings. The molecule has 2 atom stereocenters. The van der Waals surface area contributed by atoms with Gasteiger partial charge in [0, 0.05) is 29.4 Å². The summed E-state index contributed by atoms with van der Waals surface area (Å²) < 4.78 is 0. The standard InChI is InChI=1S/C15H26N2S/c1-5-8-17-15(11-18-13(4)6-2)14-10-16-9-7-12(14)3/h7,9-10,13,15,17H,5-6,8,11H2,1-4H3. The molecular weight excluding hydrogens is 240 g/mol. The van der Waals surface area contributed by atoms with E-state index < -0.39 is 0 Å². The van der Waals surface area contributed by atoms with Crippen LogP contribution >= 0.6 is 11.8 Å². The van der Waals surface area contributed by atoms with Crippen LogP contribution in [0.15, 0.2) is 18.5 Å². The van der Waals surface area contributed by atoms with Gasteiger partial charge in [0.2, 0.25) is 0 Å². The van der Waals surface area contributed by atoms with Crippen molar-refractivity contribution in [2.75, 3.05) is 12.3 Å². The van der Waals surface area contributed by atoms with Gasteiger partial charge in [0.15, 0.2) is 0 Å². The molecule has 0 fully saturated rings. The molecule has 0 saturated heterocycles. The van der Waals surface area contributed by atoms with E-state index in [-0.39, 0.29) is 0 Å². The van der Waals surface area contributed by atoms with Crippen molar-refractivity contribution >= 4 is 11.8 Å². The number of aryl methyl sites for hydroxylation is 1. The van der Waals surface area contributed by atoms with Gasteiger partial charge in [0.1, 0.15) is 0 Å². The maximum Gasteiger partial charge on any atom is 0.0429 e. The summed E-state index contributed by atoms with van der Waals surface area (Å²) in [6, 6.07) is 2.53. The summed E-state index contributed by atoms with van der Waals surface area (Å²) in [4.78, 5) is 4.27. The van der Waals surface area contributed by atoms with Crippen molar-refractivity contribution in [2.45, 2.75) is 51.8 Å². The molecule has 2 nitrogen and oxygen atoms in total. The molecule has 0 saturated carbocycles. The molecule has 1 aromatic rings. The zero-order chi connectivity index (χ0) is 13.4. The Labute approximate surface area is 116 Å². The highest BCUT2D eigenvalue weighted by Gasteiger charge is 2.14. The number of rotatable bonds is 8. The van der Waals surface area contributed by atoms with E-state index in [1.165, 1.54) is 24.0 Å². The van der Waals surface area contributed by atoms with E-state index >= 15 is 0 Å². The Morgan fingerprint density at radius 1 is 1.39 bits per heavy atom. The fourth-order valence-corrected chi connectivity index (χ4v) is 2.85. The minimum atomic E-state index is 0.428. The van der Waals surface area contributed by atoms with Crippen LogP contribution in [0.2, 0.25) is 0 Å². The first-order valence-corrected chi connectivity index (χ1v) is 7.99. The Kier molecular flexibility index (Phi) is 7.36. The smallest absolute Gasteiger partial charge is 0.0429 e. The zero-order valence-corrected chi connectivity index (χ0v) is 12.9. The lowest BCUT2D eigenvalue weighted by atomic mass is 10.1. The van der Waals surface area contributed by atoms with Crippen molar-refractivity contribution in [2.24, 2.45) is 0 Å². The van der Waals surface area contributed by atoms with Crippen LogP contribution in [-0.4, -0.2) is 22.5 Å². The van der Waals surface area contributed by atoms with Gasteiger partial charge < -0.3 is 5.32 Å². The lowest BCUT2D eigenvalue weighted by molar-refractivity contribution is 0.573. The average Bonchev–Trinajstić information content (AvgIpc) is 2.39. The molecule has 1 heterocycles. The van der Waals surface area contributed by atoms with E-state index in [0.29, 0.717) is 6.04 Å². The number of pyridine rings is 1. The normalized spacial score (nSPS) is 14.4. The van der Waals surface area contributed by atoms with Crippen molar-refractivity contribution < 1.29 is 0 Å². The van der Waals surface area contributed by atoms with Crippen molar-refractivity contribution in [1.29, 1.82) is 0 Å². The highest BCUT2D eigenvalue weighted by molar-refractivity contribution is 7.99. The van der Waals surface area contributed by atoms with E-state index in [0.717, 1.165) is 17.5 Å². The molecular formula is C15H26N2S. The summed E-state index contributed by atoms with van der Waals surface area (Å²) in [6.07, 6.45) is 6.29. The quantitative estimate of drug-likeness (QED) is 0.771. The van der Waals surface area contributed by atoms with Gasteiger partial charge in [-0.05, 0) is 43.5 Å². The zero-order valence-electron chi connectivity index (χ0n) is 12.1. The van der Waals surface area contributed by atoms with Crippen LogP contribution in [0, 0.1) is 6.92 Å². The van der Waals surface area contributed by atoms with Gasteiger partial charge in [-0.25, -0.2) is 0 Å². The van der Waals surface area contributed by atoms with Crippen LogP contribution in [0.3, 0.4) is 0 Å². The molecule has 0 radical (unpaired) electrons. The third-order valence-electron chi connectivity index (χ3n) is 3.22. The largest absolute Gasteiger partial charge is 0.309 e. The first-order chi connectivity index (χ1) is 8.69. The van der Waals surface area contributed by atoms with Gasteiger partial charge >= 0.3 is 0 Å². The second-order valence-corrected chi connectivity index (χ2v) is 6.26. The number of aromatic nitrogens is 1. The van der Waals surface area contributed by atoms with E-state index in [2.05, 4.69) is 44.1 Å². The molecule has 0 bridgehead atoms. The highest BCUT2D eigenvalue weighted by atomic mass is 32.2. The molecule has 102 valence electrons. The van der Waals surface area contributed by atoms with Crippen molar-refractivity contribution in [1.82, 2.24) is 10.3 Å². The first-order valence-electron chi connectivity index (χ1n) is 6.94. The van der Waals surface area contributed by atoms with Crippen LogP contribution in [0.4, 0.5) is 0 Å². The summed E-state index contributed by atoms with van der Waals surface area (Å²) in [5, 5.41) is 4.37. The first kappa shape index (κ1) is 15.5. The Morgan fingerprint density at radius 2 is 2.17 bits per heavy atom. The van der Waals surface area contributed by atoms with Gasteiger partial charge in [-0.2, -0.15) is 11.8 Å². The monoisotopic (exact) mass is 266 g/mol. The molecule has 0 amide bonds. The van der Waals surface area contributed by atoms with Crippen LogP contribution in [0.25, 0.3) is 0 Å². The molecule has 0 aromatic carbocycles. The maximum atomic E-state index is 4.27. The van der Waals surface area contributed by atoms with Gasteiger partial charge in [0.05, 0.1) is 0 Å². The third-order valence-corrected chi connectivity index (χ3v) is 4.65. The fraction of sp³-hybridized carbons (Fsp3) is 0.667. The number of hydrogen-bond acceptors (Lipinski definition) is 3. The minimum absolute atomic E-state index is 0.428. The van der Waals surface area contributed by atoms with Crippen molar-refractivity contribution in [3.05, 3.63) is 29.6 Å². The van der Waals surface area contributed by atoms with E-state index in [1.807, 2.05) is 24.2 Å². The van der Waals surface area contributed by atoms with Crippen LogP contribution in [-0.2, 0) is 0 Å². The molecule has 0 spiro atoms. The topological polar surface area (TPSA) is 24.9 Å². The molecule has 1 rings (SSSR count).